The SMILES string of the molecule is NCC/C=C/c1ccc(C(F)F)cc1. The largest absolute Gasteiger partial charge is 0.330 e. The Morgan fingerprint density at radius 2 is 1.86 bits per heavy atom. The number of alkyl halides is 2. The molecule has 0 aliphatic rings. The lowest BCUT2D eigenvalue weighted by Crippen LogP contribution is -1.94. The number of hydrogen-bond acceptors (Lipinski definition) is 1. The van der Waals surface area contributed by atoms with Gasteiger partial charge in [0.15, 0.2) is 0 Å². The normalized spacial score (nSPS) is 11.4. The smallest absolute Gasteiger partial charge is 0.263 e. The van der Waals surface area contributed by atoms with E-state index in [1.54, 1.807) is 12.1 Å². The van der Waals surface area contributed by atoms with Crippen molar-refractivity contribution < 1.29 is 8.78 Å². The second-order valence-electron chi connectivity index (χ2n) is 2.95. The van der Waals surface area contributed by atoms with Gasteiger partial charge in [-0.3, -0.25) is 0 Å². The highest BCUT2D eigenvalue weighted by Crippen LogP contribution is 2.18. The van der Waals surface area contributed by atoms with Crippen LogP contribution >= 0.6 is 0 Å². The zero-order valence-corrected chi connectivity index (χ0v) is 7.79. The van der Waals surface area contributed by atoms with Gasteiger partial charge in [-0.15, -0.1) is 0 Å². The molecule has 0 aromatic heterocycles. The van der Waals surface area contributed by atoms with E-state index in [1.165, 1.54) is 12.1 Å². The third-order valence-electron chi connectivity index (χ3n) is 1.83. The van der Waals surface area contributed by atoms with Crippen molar-refractivity contribution in [2.45, 2.75) is 12.8 Å². The van der Waals surface area contributed by atoms with E-state index in [-0.39, 0.29) is 5.56 Å². The summed E-state index contributed by atoms with van der Waals surface area (Å²) >= 11 is 0. The van der Waals surface area contributed by atoms with Crippen molar-refractivity contribution in [3.63, 3.8) is 0 Å². The summed E-state index contributed by atoms with van der Waals surface area (Å²) in [6, 6.07) is 6.22. The highest BCUT2D eigenvalue weighted by atomic mass is 19.3. The molecular weight excluding hydrogens is 184 g/mol. The average molecular weight is 197 g/mol. The fourth-order valence-electron chi connectivity index (χ4n) is 1.07. The summed E-state index contributed by atoms with van der Waals surface area (Å²) in [5.74, 6) is 0. The summed E-state index contributed by atoms with van der Waals surface area (Å²) in [5.41, 5.74) is 6.28. The predicted molar refractivity (Wildman–Crippen MR) is 54.1 cm³/mol. The molecule has 0 spiro atoms. The molecule has 76 valence electrons. The molecule has 1 aromatic rings. The zero-order chi connectivity index (χ0) is 10.4. The number of benzene rings is 1. The van der Waals surface area contributed by atoms with Gasteiger partial charge >= 0.3 is 0 Å². The molecule has 14 heavy (non-hydrogen) atoms. The molecule has 0 aliphatic carbocycles. The van der Waals surface area contributed by atoms with Gasteiger partial charge in [0, 0.05) is 5.56 Å². The van der Waals surface area contributed by atoms with Crippen LogP contribution in [0.2, 0.25) is 0 Å². The highest BCUT2D eigenvalue weighted by Gasteiger charge is 2.04. The first-order valence-corrected chi connectivity index (χ1v) is 4.48. The second-order valence-corrected chi connectivity index (χ2v) is 2.95. The fraction of sp³-hybridized carbons (Fsp3) is 0.273. The molecule has 3 heteroatoms. The van der Waals surface area contributed by atoms with Crippen LogP contribution in [0.3, 0.4) is 0 Å². The maximum absolute atomic E-state index is 12.2. The van der Waals surface area contributed by atoms with E-state index in [0.717, 1.165) is 12.0 Å². The summed E-state index contributed by atoms with van der Waals surface area (Å²) in [7, 11) is 0. The molecule has 1 aromatic carbocycles. The van der Waals surface area contributed by atoms with Crippen molar-refractivity contribution in [1.29, 1.82) is 0 Å². The third kappa shape index (κ3) is 3.26. The van der Waals surface area contributed by atoms with Crippen LogP contribution in [-0.2, 0) is 0 Å². The summed E-state index contributed by atoms with van der Waals surface area (Å²) in [5, 5.41) is 0. The van der Waals surface area contributed by atoms with Gasteiger partial charge < -0.3 is 5.73 Å². The van der Waals surface area contributed by atoms with Gasteiger partial charge in [0.2, 0.25) is 0 Å². The van der Waals surface area contributed by atoms with Gasteiger partial charge in [-0.2, -0.15) is 0 Å². The topological polar surface area (TPSA) is 26.0 Å². The van der Waals surface area contributed by atoms with Crippen LogP contribution in [0, 0.1) is 0 Å². The first-order chi connectivity index (χ1) is 6.74. The standard InChI is InChI=1S/C11H13F2N/c12-11(13)10-6-4-9(5-7-10)3-1-2-8-14/h1,3-7,11H,2,8,14H2/b3-1+. The molecule has 0 amide bonds. The molecule has 0 heterocycles. The van der Waals surface area contributed by atoms with Gasteiger partial charge in [0.25, 0.3) is 6.43 Å². The van der Waals surface area contributed by atoms with Crippen LogP contribution in [0.4, 0.5) is 8.78 Å². The van der Waals surface area contributed by atoms with E-state index in [0.29, 0.717) is 6.54 Å². The van der Waals surface area contributed by atoms with Crippen molar-refractivity contribution in [3.8, 4) is 0 Å². The molecule has 0 aliphatic heterocycles. The van der Waals surface area contributed by atoms with E-state index >= 15 is 0 Å². The molecule has 1 rings (SSSR count). The van der Waals surface area contributed by atoms with Crippen LogP contribution in [0.15, 0.2) is 30.3 Å². The van der Waals surface area contributed by atoms with E-state index in [1.807, 2.05) is 12.2 Å². The Morgan fingerprint density at radius 1 is 1.21 bits per heavy atom. The van der Waals surface area contributed by atoms with Gasteiger partial charge in [0.05, 0.1) is 0 Å². The van der Waals surface area contributed by atoms with Crippen LogP contribution in [0.25, 0.3) is 6.08 Å². The maximum Gasteiger partial charge on any atom is 0.263 e. The Kier molecular flexibility index (Phi) is 4.26. The first-order valence-electron chi connectivity index (χ1n) is 4.48. The van der Waals surface area contributed by atoms with Crippen molar-refractivity contribution in [3.05, 3.63) is 41.5 Å². The molecule has 1 nitrogen and oxygen atoms in total. The van der Waals surface area contributed by atoms with E-state index < -0.39 is 6.43 Å². The number of halogens is 2. The minimum atomic E-state index is -2.39. The molecular formula is C11H13F2N. The number of nitrogens with two attached hydrogens (primary N) is 1. The van der Waals surface area contributed by atoms with Gasteiger partial charge in [0.1, 0.15) is 0 Å². The molecule has 2 N–H and O–H groups in total. The quantitative estimate of drug-likeness (QED) is 0.788. The second kappa shape index (κ2) is 5.50. The number of hydrogen-bond donors (Lipinski definition) is 1. The van der Waals surface area contributed by atoms with Crippen LogP contribution in [0.1, 0.15) is 24.0 Å². The van der Waals surface area contributed by atoms with Crippen LogP contribution in [0.5, 0.6) is 0 Å². The molecule has 0 radical (unpaired) electrons. The molecule has 0 bridgehead atoms. The third-order valence-corrected chi connectivity index (χ3v) is 1.83. The molecule has 0 saturated carbocycles. The monoisotopic (exact) mass is 197 g/mol. The lowest BCUT2D eigenvalue weighted by molar-refractivity contribution is 0.151. The Balaban J connectivity index is 2.64. The van der Waals surface area contributed by atoms with E-state index in [9.17, 15) is 8.78 Å². The van der Waals surface area contributed by atoms with Crippen LogP contribution in [-0.4, -0.2) is 6.54 Å². The minimum Gasteiger partial charge on any atom is -0.330 e. The Hall–Kier alpha value is -1.22. The Labute approximate surface area is 82.2 Å². The van der Waals surface area contributed by atoms with Gasteiger partial charge in [-0.05, 0) is 18.5 Å². The zero-order valence-electron chi connectivity index (χ0n) is 7.79. The van der Waals surface area contributed by atoms with Crippen molar-refractivity contribution in [2.75, 3.05) is 6.54 Å². The molecule has 0 unspecified atom stereocenters. The lowest BCUT2D eigenvalue weighted by atomic mass is 10.1. The van der Waals surface area contributed by atoms with Gasteiger partial charge in [-0.25, -0.2) is 8.78 Å². The van der Waals surface area contributed by atoms with Crippen molar-refractivity contribution >= 4 is 6.08 Å². The average Bonchev–Trinajstić information content (AvgIpc) is 2.19. The van der Waals surface area contributed by atoms with Crippen LogP contribution < -0.4 is 5.73 Å². The van der Waals surface area contributed by atoms with Crippen molar-refractivity contribution in [2.24, 2.45) is 5.73 Å². The first kappa shape index (κ1) is 10.9. The Bertz CT molecular complexity index is 291. The highest BCUT2D eigenvalue weighted by molar-refractivity contribution is 5.49. The van der Waals surface area contributed by atoms with Crippen molar-refractivity contribution in [1.82, 2.24) is 0 Å². The predicted octanol–water partition coefficient (Wildman–Crippen LogP) is 2.99. The molecule has 0 atom stereocenters. The number of rotatable bonds is 4. The van der Waals surface area contributed by atoms with E-state index in [4.69, 9.17) is 5.73 Å². The lowest BCUT2D eigenvalue weighted by Gasteiger charge is -1.99. The summed E-state index contributed by atoms with van der Waals surface area (Å²) in [6.45, 7) is 0.603. The summed E-state index contributed by atoms with van der Waals surface area (Å²) in [6.07, 6.45) is 2.22. The molecule has 0 saturated heterocycles. The summed E-state index contributed by atoms with van der Waals surface area (Å²) in [4.78, 5) is 0. The Morgan fingerprint density at radius 3 is 2.36 bits per heavy atom. The minimum absolute atomic E-state index is 0.0565. The van der Waals surface area contributed by atoms with E-state index in [2.05, 4.69) is 0 Å². The van der Waals surface area contributed by atoms with Gasteiger partial charge in [-0.1, -0.05) is 36.4 Å². The fourth-order valence-corrected chi connectivity index (χ4v) is 1.07. The summed E-state index contributed by atoms with van der Waals surface area (Å²) < 4.78 is 24.3. The maximum atomic E-state index is 12.2. The molecule has 0 fully saturated rings.